The number of hydrogen-bond acceptors (Lipinski definition) is 5. The number of hydrogen-bond donors (Lipinski definition) is 2. The van der Waals surface area contributed by atoms with Crippen molar-refractivity contribution in [1.82, 2.24) is 10.2 Å². The summed E-state index contributed by atoms with van der Waals surface area (Å²) in [5, 5.41) is 2.84. The fourth-order valence-electron chi connectivity index (χ4n) is 2.59. The van der Waals surface area contributed by atoms with Crippen molar-refractivity contribution in [2.24, 2.45) is 11.1 Å². The van der Waals surface area contributed by atoms with Crippen LogP contribution in [-0.4, -0.2) is 63.0 Å². The second-order valence-corrected chi connectivity index (χ2v) is 8.98. The number of carbonyl (C=O) groups is 1. The van der Waals surface area contributed by atoms with E-state index in [-0.39, 0.29) is 28.9 Å². The lowest BCUT2D eigenvalue weighted by Gasteiger charge is -2.31. The lowest BCUT2D eigenvalue weighted by molar-refractivity contribution is -0.123. The van der Waals surface area contributed by atoms with Crippen LogP contribution in [0.15, 0.2) is 0 Å². The molecule has 1 atom stereocenters. The minimum absolute atomic E-state index is 0.0356. The predicted octanol–water partition coefficient (Wildman–Crippen LogP) is -0.0134. The van der Waals surface area contributed by atoms with E-state index in [1.807, 2.05) is 0 Å². The van der Waals surface area contributed by atoms with E-state index in [4.69, 9.17) is 5.73 Å². The van der Waals surface area contributed by atoms with Crippen LogP contribution in [0.2, 0.25) is 0 Å². The van der Waals surface area contributed by atoms with Crippen molar-refractivity contribution in [3.05, 3.63) is 0 Å². The largest absolute Gasteiger partial charge is 0.351 e. The first kappa shape index (κ1) is 18.4. The van der Waals surface area contributed by atoms with E-state index < -0.39 is 9.84 Å². The highest BCUT2D eigenvalue weighted by Gasteiger charge is 2.29. The standard InChI is InChI=1S/C14H29N3O3S/c1-4-6-17(11-14(2,3)10-15)8-13(18)16-12-5-7-21(19,20)9-12/h12H,4-11,15H2,1-3H3,(H,16,18). The maximum absolute atomic E-state index is 12.1. The molecule has 1 fully saturated rings. The maximum Gasteiger partial charge on any atom is 0.234 e. The summed E-state index contributed by atoms with van der Waals surface area (Å²) < 4.78 is 22.8. The average Bonchev–Trinajstić information content (AvgIpc) is 2.68. The Hall–Kier alpha value is -0.660. The number of amides is 1. The molecule has 0 aromatic carbocycles. The molecule has 0 spiro atoms. The number of nitrogens with zero attached hydrogens (tertiary/aromatic N) is 1. The SMILES string of the molecule is CCCN(CC(=O)NC1CCS(=O)(=O)C1)CC(C)(C)CN. The summed E-state index contributed by atoms with van der Waals surface area (Å²) in [6.45, 7) is 8.69. The van der Waals surface area contributed by atoms with Crippen molar-refractivity contribution in [2.75, 3.05) is 37.7 Å². The van der Waals surface area contributed by atoms with Gasteiger partial charge in [-0.25, -0.2) is 8.42 Å². The van der Waals surface area contributed by atoms with Crippen molar-refractivity contribution in [2.45, 2.75) is 39.7 Å². The van der Waals surface area contributed by atoms with E-state index in [9.17, 15) is 13.2 Å². The van der Waals surface area contributed by atoms with Gasteiger partial charge >= 0.3 is 0 Å². The van der Waals surface area contributed by atoms with Gasteiger partial charge in [-0.2, -0.15) is 0 Å². The Labute approximate surface area is 128 Å². The number of nitrogens with two attached hydrogens (primary N) is 1. The van der Waals surface area contributed by atoms with Crippen LogP contribution in [0.3, 0.4) is 0 Å². The van der Waals surface area contributed by atoms with Crippen LogP contribution in [0, 0.1) is 5.41 Å². The molecular formula is C14H29N3O3S. The van der Waals surface area contributed by atoms with Crippen LogP contribution in [-0.2, 0) is 14.6 Å². The van der Waals surface area contributed by atoms with Crippen molar-refractivity contribution >= 4 is 15.7 Å². The Morgan fingerprint density at radius 1 is 1.43 bits per heavy atom. The quantitative estimate of drug-likeness (QED) is 0.656. The molecule has 1 saturated heterocycles. The van der Waals surface area contributed by atoms with Gasteiger partial charge in [0.25, 0.3) is 0 Å². The van der Waals surface area contributed by atoms with Crippen LogP contribution in [0.4, 0.5) is 0 Å². The van der Waals surface area contributed by atoms with Crippen molar-refractivity contribution in [3.63, 3.8) is 0 Å². The van der Waals surface area contributed by atoms with Gasteiger partial charge in [-0.05, 0) is 31.3 Å². The molecule has 7 heteroatoms. The highest BCUT2D eigenvalue weighted by molar-refractivity contribution is 7.91. The van der Waals surface area contributed by atoms with Gasteiger partial charge in [-0.15, -0.1) is 0 Å². The summed E-state index contributed by atoms with van der Waals surface area (Å²) in [6.07, 6.45) is 1.49. The molecule has 0 saturated carbocycles. The zero-order valence-electron chi connectivity index (χ0n) is 13.4. The van der Waals surface area contributed by atoms with Crippen LogP contribution in [0.1, 0.15) is 33.6 Å². The molecule has 124 valence electrons. The third-order valence-corrected chi connectivity index (χ3v) is 5.48. The molecule has 1 unspecified atom stereocenters. The molecule has 1 aliphatic rings. The van der Waals surface area contributed by atoms with Gasteiger partial charge in [0.05, 0.1) is 18.1 Å². The minimum atomic E-state index is -2.96. The predicted molar refractivity (Wildman–Crippen MR) is 84.8 cm³/mol. The van der Waals surface area contributed by atoms with Gasteiger partial charge in [0, 0.05) is 12.6 Å². The monoisotopic (exact) mass is 319 g/mol. The lowest BCUT2D eigenvalue weighted by atomic mass is 9.93. The van der Waals surface area contributed by atoms with E-state index in [1.54, 1.807) is 0 Å². The number of carbonyl (C=O) groups excluding carboxylic acids is 1. The Balaban J connectivity index is 2.49. The highest BCUT2D eigenvalue weighted by atomic mass is 32.2. The lowest BCUT2D eigenvalue weighted by Crippen LogP contribution is -2.46. The molecule has 0 bridgehead atoms. The Morgan fingerprint density at radius 2 is 2.10 bits per heavy atom. The Morgan fingerprint density at radius 3 is 2.57 bits per heavy atom. The first-order valence-electron chi connectivity index (χ1n) is 7.59. The van der Waals surface area contributed by atoms with Crippen LogP contribution >= 0.6 is 0 Å². The van der Waals surface area contributed by atoms with Crippen molar-refractivity contribution < 1.29 is 13.2 Å². The molecule has 0 aliphatic carbocycles. The summed E-state index contributed by atoms with van der Waals surface area (Å²) in [7, 11) is -2.96. The zero-order valence-corrected chi connectivity index (χ0v) is 14.2. The smallest absolute Gasteiger partial charge is 0.234 e. The molecule has 21 heavy (non-hydrogen) atoms. The second-order valence-electron chi connectivity index (χ2n) is 6.75. The molecule has 1 amide bonds. The number of rotatable bonds is 8. The second kappa shape index (κ2) is 7.56. The zero-order chi connectivity index (χ0) is 16.1. The summed E-state index contributed by atoms with van der Waals surface area (Å²) in [6, 6.07) is -0.228. The van der Waals surface area contributed by atoms with Crippen LogP contribution in [0.5, 0.6) is 0 Å². The highest BCUT2D eigenvalue weighted by Crippen LogP contribution is 2.15. The Bertz CT molecular complexity index is 448. The third-order valence-electron chi connectivity index (χ3n) is 3.71. The Kier molecular flexibility index (Phi) is 6.62. The van der Waals surface area contributed by atoms with Gasteiger partial charge in [-0.3, -0.25) is 9.69 Å². The van der Waals surface area contributed by atoms with Gasteiger partial charge < -0.3 is 11.1 Å². The summed E-state index contributed by atoms with van der Waals surface area (Å²) >= 11 is 0. The van der Waals surface area contributed by atoms with Gasteiger partial charge in [0.2, 0.25) is 5.91 Å². The molecule has 0 aromatic heterocycles. The molecule has 1 heterocycles. The maximum atomic E-state index is 12.1. The molecular weight excluding hydrogens is 290 g/mol. The first-order chi connectivity index (χ1) is 9.67. The average molecular weight is 319 g/mol. The molecule has 3 N–H and O–H groups in total. The molecule has 6 nitrogen and oxygen atoms in total. The molecule has 1 aliphatic heterocycles. The van der Waals surface area contributed by atoms with E-state index in [0.717, 1.165) is 19.5 Å². The van der Waals surface area contributed by atoms with Gasteiger partial charge in [0.1, 0.15) is 0 Å². The van der Waals surface area contributed by atoms with Gasteiger partial charge in [-0.1, -0.05) is 20.8 Å². The van der Waals surface area contributed by atoms with Crippen LogP contribution in [0.25, 0.3) is 0 Å². The van der Waals surface area contributed by atoms with E-state index in [2.05, 4.69) is 31.0 Å². The van der Waals surface area contributed by atoms with E-state index >= 15 is 0 Å². The topological polar surface area (TPSA) is 92.5 Å². The summed E-state index contributed by atoms with van der Waals surface area (Å²) in [5.74, 6) is 0.149. The number of sulfone groups is 1. The normalized spacial score (nSPS) is 21.7. The molecule has 0 radical (unpaired) electrons. The van der Waals surface area contributed by atoms with Gasteiger partial charge in [0.15, 0.2) is 9.84 Å². The van der Waals surface area contributed by atoms with E-state index in [1.165, 1.54) is 0 Å². The molecule has 1 rings (SSSR count). The first-order valence-corrected chi connectivity index (χ1v) is 9.42. The minimum Gasteiger partial charge on any atom is -0.351 e. The fourth-order valence-corrected chi connectivity index (χ4v) is 4.26. The van der Waals surface area contributed by atoms with Crippen molar-refractivity contribution in [3.8, 4) is 0 Å². The van der Waals surface area contributed by atoms with Crippen LogP contribution < -0.4 is 11.1 Å². The summed E-state index contributed by atoms with van der Waals surface area (Å²) in [4.78, 5) is 14.2. The fraction of sp³-hybridized carbons (Fsp3) is 0.929. The van der Waals surface area contributed by atoms with Crippen molar-refractivity contribution in [1.29, 1.82) is 0 Å². The molecule has 0 aromatic rings. The van der Waals surface area contributed by atoms with E-state index in [0.29, 0.717) is 19.5 Å². The number of nitrogens with one attached hydrogen (secondary N) is 1. The third kappa shape index (κ3) is 6.76. The summed E-state index contributed by atoms with van der Waals surface area (Å²) in [5.41, 5.74) is 5.71.